The number of hydrogen-bond donors (Lipinski definition) is 1. The second kappa shape index (κ2) is 6.11. The summed E-state index contributed by atoms with van der Waals surface area (Å²) < 4.78 is 11.3. The highest BCUT2D eigenvalue weighted by atomic mass is 32.2. The van der Waals surface area contributed by atoms with Gasteiger partial charge in [-0.15, -0.1) is 0 Å². The molecule has 18 heavy (non-hydrogen) atoms. The first-order valence-electron chi connectivity index (χ1n) is 6.14. The topological polar surface area (TPSA) is 63.4 Å². The highest BCUT2D eigenvalue weighted by Crippen LogP contribution is 2.11. The van der Waals surface area contributed by atoms with Gasteiger partial charge in [-0.25, -0.2) is 0 Å². The van der Waals surface area contributed by atoms with Gasteiger partial charge in [0.25, 0.3) is 5.91 Å². The van der Waals surface area contributed by atoms with E-state index >= 15 is 0 Å². The Balaban J connectivity index is 2.08. The summed E-state index contributed by atoms with van der Waals surface area (Å²) in [6.07, 6.45) is 0.783. The van der Waals surface area contributed by atoms with Gasteiger partial charge in [0.2, 0.25) is 0 Å². The van der Waals surface area contributed by atoms with Gasteiger partial charge in [-0.05, 0) is 30.7 Å². The minimum atomic E-state index is -0.752. The van der Waals surface area contributed by atoms with Crippen LogP contribution in [0.1, 0.15) is 15.9 Å². The predicted octanol–water partition coefficient (Wildman–Crippen LogP) is 0.392. The Kier molecular flexibility index (Phi) is 4.49. The molecular weight excluding hydrogens is 248 g/mol. The van der Waals surface area contributed by atoms with Gasteiger partial charge in [0.05, 0.1) is 0 Å². The number of hydrogen-bond acceptors (Lipinski definition) is 3. The lowest BCUT2D eigenvalue weighted by Gasteiger charge is -2.26. The monoisotopic (exact) mass is 266 g/mol. The van der Waals surface area contributed by atoms with Crippen molar-refractivity contribution in [2.24, 2.45) is 5.73 Å². The van der Waals surface area contributed by atoms with Gasteiger partial charge in [0.1, 0.15) is 0 Å². The molecule has 1 aromatic carbocycles. The first kappa shape index (κ1) is 13.2. The zero-order chi connectivity index (χ0) is 13.0. The van der Waals surface area contributed by atoms with E-state index < -0.39 is 10.8 Å². The Morgan fingerprint density at radius 2 is 2.06 bits per heavy atom. The molecule has 1 saturated heterocycles. The standard InChI is InChI=1S/C13H18N2O2S/c14-5-4-11-2-1-3-12(10-11)13(16)15-6-8-18(17)9-7-15/h1-3,10H,4-9,14H2. The molecule has 0 saturated carbocycles. The van der Waals surface area contributed by atoms with Crippen LogP contribution in [0.2, 0.25) is 0 Å². The predicted molar refractivity (Wildman–Crippen MR) is 73.0 cm³/mol. The van der Waals surface area contributed by atoms with Crippen molar-refractivity contribution < 1.29 is 9.00 Å². The molecule has 0 atom stereocenters. The van der Waals surface area contributed by atoms with E-state index in [0.29, 0.717) is 36.7 Å². The number of benzene rings is 1. The van der Waals surface area contributed by atoms with E-state index in [1.54, 1.807) is 4.90 Å². The molecular formula is C13H18N2O2S. The smallest absolute Gasteiger partial charge is 0.253 e. The van der Waals surface area contributed by atoms with Crippen molar-refractivity contribution in [1.82, 2.24) is 4.90 Å². The number of rotatable bonds is 3. The van der Waals surface area contributed by atoms with Crippen LogP contribution < -0.4 is 5.73 Å². The average Bonchev–Trinajstić information content (AvgIpc) is 2.39. The van der Waals surface area contributed by atoms with Gasteiger partial charge >= 0.3 is 0 Å². The molecule has 0 aromatic heterocycles. The van der Waals surface area contributed by atoms with Crippen molar-refractivity contribution in [3.63, 3.8) is 0 Å². The van der Waals surface area contributed by atoms with Gasteiger partial charge in [-0.2, -0.15) is 0 Å². The summed E-state index contributed by atoms with van der Waals surface area (Å²) in [5, 5.41) is 0. The molecule has 4 nitrogen and oxygen atoms in total. The van der Waals surface area contributed by atoms with E-state index in [0.717, 1.165) is 12.0 Å². The van der Waals surface area contributed by atoms with Crippen LogP contribution in [0.3, 0.4) is 0 Å². The summed E-state index contributed by atoms with van der Waals surface area (Å²) in [6, 6.07) is 7.60. The second-order valence-corrected chi connectivity index (χ2v) is 6.08. The number of amides is 1. The normalized spacial score (nSPS) is 16.8. The molecule has 1 aliphatic rings. The molecule has 0 spiro atoms. The van der Waals surface area contributed by atoms with E-state index in [1.807, 2.05) is 24.3 Å². The lowest BCUT2D eigenvalue weighted by Crippen LogP contribution is -2.41. The van der Waals surface area contributed by atoms with Gasteiger partial charge in [-0.3, -0.25) is 9.00 Å². The van der Waals surface area contributed by atoms with Crippen LogP contribution in [0, 0.1) is 0 Å². The third-order valence-corrected chi connectivity index (χ3v) is 4.35. The second-order valence-electron chi connectivity index (χ2n) is 4.38. The van der Waals surface area contributed by atoms with E-state index in [-0.39, 0.29) is 5.91 Å². The maximum Gasteiger partial charge on any atom is 0.253 e. The Hall–Kier alpha value is -1.20. The molecule has 1 aromatic rings. The van der Waals surface area contributed by atoms with E-state index in [4.69, 9.17) is 5.73 Å². The highest BCUT2D eigenvalue weighted by Gasteiger charge is 2.21. The van der Waals surface area contributed by atoms with Crippen molar-refractivity contribution in [2.75, 3.05) is 31.1 Å². The minimum absolute atomic E-state index is 0.0329. The lowest BCUT2D eigenvalue weighted by atomic mass is 10.1. The van der Waals surface area contributed by atoms with Crippen LogP contribution in [-0.4, -0.2) is 46.2 Å². The largest absolute Gasteiger partial charge is 0.337 e. The Bertz CT molecular complexity index is 452. The third-order valence-electron chi connectivity index (χ3n) is 3.07. The van der Waals surface area contributed by atoms with Crippen molar-refractivity contribution in [3.8, 4) is 0 Å². The molecule has 2 rings (SSSR count). The number of carbonyl (C=O) groups is 1. The number of carbonyl (C=O) groups excluding carboxylic acids is 1. The molecule has 0 unspecified atom stereocenters. The van der Waals surface area contributed by atoms with Crippen LogP contribution in [0.25, 0.3) is 0 Å². The van der Waals surface area contributed by atoms with Crippen LogP contribution in [0.15, 0.2) is 24.3 Å². The summed E-state index contributed by atoms with van der Waals surface area (Å²) in [5.74, 6) is 1.22. The van der Waals surface area contributed by atoms with Crippen molar-refractivity contribution >= 4 is 16.7 Å². The van der Waals surface area contributed by atoms with E-state index in [2.05, 4.69) is 0 Å². The zero-order valence-corrected chi connectivity index (χ0v) is 11.1. The molecule has 0 aliphatic carbocycles. The summed E-state index contributed by atoms with van der Waals surface area (Å²) in [5.41, 5.74) is 7.31. The maximum absolute atomic E-state index is 12.3. The molecule has 1 fully saturated rings. The Labute approximate surface area is 110 Å². The van der Waals surface area contributed by atoms with Crippen LogP contribution in [-0.2, 0) is 17.2 Å². The molecule has 2 N–H and O–H groups in total. The molecule has 1 amide bonds. The van der Waals surface area contributed by atoms with Crippen LogP contribution in [0.5, 0.6) is 0 Å². The molecule has 1 aliphatic heterocycles. The maximum atomic E-state index is 12.3. The van der Waals surface area contributed by atoms with Gasteiger partial charge in [0.15, 0.2) is 0 Å². The number of nitrogens with two attached hydrogens (primary N) is 1. The van der Waals surface area contributed by atoms with Crippen molar-refractivity contribution in [3.05, 3.63) is 35.4 Å². The quantitative estimate of drug-likeness (QED) is 0.861. The lowest BCUT2D eigenvalue weighted by molar-refractivity contribution is 0.0771. The van der Waals surface area contributed by atoms with E-state index in [9.17, 15) is 9.00 Å². The van der Waals surface area contributed by atoms with Gasteiger partial charge in [-0.1, -0.05) is 12.1 Å². The highest BCUT2D eigenvalue weighted by molar-refractivity contribution is 7.85. The summed E-state index contributed by atoms with van der Waals surface area (Å²) in [7, 11) is -0.752. The fourth-order valence-corrected chi connectivity index (χ4v) is 3.10. The summed E-state index contributed by atoms with van der Waals surface area (Å²) in [4.78, 5) is 14.0. The zero-order valence-electron chi connectivity index (χ0n) is 10.3. The molecule has 98 valence electrons. The first-order valence-corrected chi connectivity index (χ1v) is 7.63. The minimum Gasteiger partial charge on any atom is -0.337 e. The SMILES string of the molecule is NCCc1cccc(C(=O)N2CCS(=O)CC2)c1. The van der Waals surface area contributed by atoms with Crippen LogP contribution >= 0.6 is 0 Å². The van der Waals surface area contributed by atoms with Crippen molar-refractivity contribution in [2.45, 2.75) is 6.42 Å². The molecule has 5 heteroatoms. The van der Waals surface area contributed by atoms with E-state index in [1.165, 1.54) is 0 Å². The molecule has 1 heterocycles. The fourth-order valence-electron chi connectivity index (χ4n) is 2.05. The number of nitrogens with zero attached hydrogens (tertiary/aromatic N) is 1. The fraction of sp³-hybridized carbons (Fsp3) is 0.462. The Morgan fingerprint density at radius 3 is 2.72 bits per heavy atom. The van der Waals surface area contributed by atoms with Crippen molar-refractivity contribution in [1.29, 1.82) is 0 Å². The Morgan fingerprint density at radius 1 is 1.33 bits per heavy atom. The molecule has 0 bridgehead atoms. The van der Waals surface area contributed by atoms with Gasteiger partial charge in [0, 0.05) is 41.0 Å². The third kappa shape index (κ3) is 3.17. The molecule has 0 radical (unpaired) electrons. The average molecular weight is 266 g/mol. The first-order chi connectivity index (χ1) is 8.70. The summed E-state index contributed by atoms with van der Waals surface area (Å²) >= 11 is 0. The summed E-state index contributed by atoms with van der Waals surface area (Å²) in [6.45, 7) is 1.76. The van der Waals surface area contributed by atoms with Gasteiger partial charge < -0.3 is 10.6 Å². The van der Waals surface area contributed by atoms with Crippen LogP contribution in [0.4, 0.5) is 0 Å².